The van der Waals surface area contributed by atoms with Gasteiger partial charge in [-0.25, -0.2) is 5.10 Å². The van der Waals surface area contributed by atoms with Crippen molar-refractivity contribution in [2.75, 3.05) is 24.6 Å². The van der Waals surface area contributed by atoms with Crippen molar-refractivity contribution >= 4 is 18.2 Å². The van der Waals surface area contributed by atoms with Gasteiger partial charge in [-0.3, -0.25) is 4.57 Å². The van der Waals surface area contributed by atoms with Gasteiger partial charge < -0.3 is 9.64 Å². The summed E-state index contributed by atoms with van der Waals surface area (Å²) >= 11 is 5.31. The normalized spacial score (nSPS) is 24.7. The lowest BCUT2D eigenvalue weighted by Crippen LogP contribution is -2.25. The molecule has 3 heterocycles. The largest absolute Gasteiger partial charge is 0.376 e. The maximum Gasteiger partial charge on any atom is 0.225 e. The Labute approximate surface area is 106 Å². The van der Waals surface area contributed by atoms with E-state index in [0.717, 1.165) is 45.0 Å². The number of nitrogens with one attached hydrogen (secondary N) is 1. The van der Waals surface area contributed by atoms with E-state index in [4.69, 9.17) is 17.0 Å². The lowest BCUT2D eigenvalue weighted by molar-refractivity contribution is 0.0969. The van der Waals surface area contributed by atoms with Crippen molar-refractivity contribution in [3.63, 3.8) is 0 Å². The fraction of sp³-hybridized carbons (Fsp3) is 0.818. The fourth-order valence-corrected chi connectivity index (χ4v) is 2.83. The molecule has 94 valence electrons. The summed E-state index contributed by atoms with van der Waals surface area (Å²) < 4.78 is 8.48. The Balaban J connectivity index is 1.81. The van der Waals surface area contributed by atoms with E-state index in [1.165, 1.54) is 12.8 Å². The van der Waals surface area contributed by atoms with Crippen LogP contribution in [0.3, 0.4) is 0 Å². The Morgan fingerprint density at radius 2 is 2.18 bits per heavy atom. The molecule has 17 heavy (non-hydrogen) atoms. The van der Waals surface area contributed by atoms with E-state index in [1.807, 2.05) is 0 Å². The number of ether oxygens (including phenoxy) is 1. The van der Waals surface area contributed by atoms with Gasteiger partial charge in [0.05, 0.1) is 12.6 Å². The lowest BCUT2D eigenvalue weighted by atomic mass is 10.2. The van der Waals surface area contributed by atoms with Crippen LogP contribution in [0.5, 0.6) is 0 Å². The number of hydrogen-bond acceptors (Lipinski definition) is 4. The zero-order chi connectivity index (χ0) is 11.7. The Morgan fingerprint density at radius 3 is 2.88 bits per heavy atom. The second-order valence-corrected chi connectivity index (χ2v) is 5.16. The molecule has 1 N–H and O–H groups in total. The van der Waals surface area contributed by atoms with Gasteiger partial charge in [-0.2, -0.15) is 0 Å². The molecule has 2 fully saturated rings. The molecule has 6 heteroatoms. The molecule has 2 saturated heterocycles. The molecule has 0 unspecified atom stereocenters. The summed E-state index contributed by atoms with van der Waals surface area (Å²) in [7, 11) is 0. The van der Waals surface area contributed by atoms with Gasteiger partial charge in [-0.15, -0.1) is 5.10 Å². The maximum absolute atomic E-state index is 5.67. The number of aromatic nitrogens is 3. The second-order valence-electron chi connectivity index (χ2n) is 4.77. The average molecular weight is 254 g/mol. The molecule has 1 atom stereocenters. The number of H-pyrrole nitrogens is 1. The van der Waals surface area contributed by atoms with Gasteiger partial charge in [-0.05, 0) is 37.9 Å². The first-order chi connectivity index (χ1) is 8.34. The van der Waals surface area contributed by atoms with Gasteiger partial charge in [0.2, 0.25) is 5.95 Å². The predicted molar refractivity (Wildman–Crippen MR) is 67.8 cm³/mol. The van der Waals surface area contributed by atoms with Crippen molar-refractivity contribution < 1.29 is 4.74 Å². The van der Waals surface area contributed by atoms with Crippen molar-refractivity contribution in [2.45, 2.75) is 38.3 Å². The molecule has 0 aromatic carbocycles. The highest BCUT2D eigenvalue weighted by Gasteiger charge is 2.22. The van der Waals surface area contributed by atoms with Gasteiger partial charge in [0.1, 0.15) is 0 Å². The summed E-state index contributed by atoms with van der Waals surface area (Å²) in [4.78, 5) is 2.31. The van der Waals surface area contributed by atoms with Crippen molar-refractivity contribution in [2.24, 2.45) is 0 Å². The summed E-state index contributed by atoms with van der Waals surface area (Å²) in [5.41, 5.74) is 0. The van der Waals surface area contributed by atoms with E-state index in [0.29, 0.717) is 10.9 Å². The summed E-state index contributed by atoms with van der Waals surface area (Å²) in [5.74, 6) is 0.989. The van der Waals surface area contributed by atoms with Crippen LogP contribution in [0.4, 0.5) is 5.95 Å². The summed E-state index contributed by atoms with van der Waals surface area (Å²) in [5, 5.41) is 7.26. The van der Waals surface area contributed by atoms with E-state index in [9.17, 15) is 0 Å². The third-order valence-corrected chi connectivity index (χ3v) is 3.85. The molecule has 5 nitrogen and oxygen atoms in total. The van der Waals surface area contributed by atoms with Crippen molar-refractivity contribution in [3.8, 4) is 0 Å². The molecular weight excluding hydrogens is 236 g/mol. The number of hydrogen-bond donors (Lipinski definition) is 1. The van der Waals surface area contributed by atoms with Crippen LogP contribution in [-0.2, 0) is 11.3 Å². The number of anilines is 1. The average Bonchev–Trinajstić information content (AvgIpc) is 3.03. The first-order valence-corrected chi connectivity index (χ1v) is 6.77. The van der Waals surface area contributed by atoms with Crippen LogP contribution < -0.4 is 4.90 Å². The minimum absolute atomic E-state index is 0.306. The minimum atomic E-state index is 0.306. The van der Waals surface area contributed by atoms with E-state index >= 15 is 0 Å². The summed E-state index contributed by atoms with van der Waals surface area (Å²) in [6.07, 6.45) is 5.10. The molecular formula is C11H18N4OS. The van der Waals surface area contributed by atoms with Gasteiger partial charge in [0.15, 0.2) is 4.77 Å². The van der Waals surface area contributed by atoms with Crippen molar-refractivity contribution in [1.82, 2.24) is 14.8 Å². The third kappa shape index (κ3) is 2.24. The van der Waals surface area contributed by atoms with Crippen LogP contribution in [-0.4, -0.2) is 40.6 Å². The molecule has 3 rings (SSSR count). The van der Waals surface area contributed by atoms with Gasteiger partial charge in [0.25, 0.3) is 0 Å². The third-order valence-electron chi connectivity index (χ3n) is 3.54. The minimum Gasteiger partial charge on any atom is -0.376 e. The zero-order valence-corrected chi connectivity index (χ0v) is 10.7. The monoisotopic (exact) mass is 254 g/mol. The molecule has 0 spiro atoms. The van der Waals surface area contributed by atoms with Crippen LogP contribution in [0.1, 0.15) is 25.7 Å². The first-order valence-electron chi connectivity index (χ1n) is 6.36. The van der Waals surface area contributed by atoms with Crippen LogP contribution in [0.25, 0.3) is 0 Å². The van der Waals surface area contributed by atoms with Crippen LogP contribution in [0, 0.1) is 4.77 Å². The molecule has 0 radical (unpaired) electrons. The highest BCUT2D eigenvalue weighted by molar-refractivity contribution is 7.71. The summed E-state index contributed by atoms with van der Waals surface area (Å²) in [6.45, 7) is 3.90. The number of aromatic amines is 1. The smallest absolute Gasteiger partial charge is 0.225 e. The summed E-state index contributed by atoms with van der Waals surface area (Å²) in [6, 6.07) is 0. The SMILES string of the molecule is S=c1[nH]nc(N2CCCC2)n1C[C@H]1CCCO1. The molecule has 0 amide bonds. The van der Waals surface area contributed by atoms with Gasteiger partial charge in [0, 0.05) is 19.7 Å². The standard InChI is InChI=1S/C11H18N4OS/c17-11-13-12-10(14-5-1-2-6-14)15(11)8-9-4-3-7-16-9/h9H,1-8H2,(H,13,17)/t9-/m1/s1. The van der Waals surface area contributed by atoms with Gasteiger partial charge in [-0.1, -0.05) is 0 Å². The van der Waals surface area contributed by atoms with E-state index in [-0.39, 0.29) is 0 Å². The van der Waals surface area contributed by atoms with Crippen LogP contribution in [0.15, 0.2) is 0 Å². The lowest BCUT2D eigenvalue weighted by Gasteiger charge is -2.19. The number of rotatable bonds is 3. The van der Waals surface area contributed by atoms with Crippen LogP contribution >= 0.6 is 12.2 Å². The highest BCUT2D eigenvalue weighted by Crippen LogP contribution is 2.21. The van der Waals surface area contributed by atoms with E-state index in [2.05, 4.69) is 19.7 Å². The topological polar surface area (TPSA) is 46.1 Å². The molecule has 1 aromatic rings. The Kier molecular flexibility index (Phi) is 3.15. The molecule has 0 aliphatic carbocycles. The molecule has 0 bridgehead atoms. The second kappa shape index (κ2) is 4.78. The molecule has 1 aromatic heterocycles. The predicted octanol–water partition coefficient (Wildman–Crippen LogP) is 1.72. The van der Waals surface area contributed by atoms with E-state index in [1.54, 1.807) is 0 Å². The number of nitrogens with zero attached hydrogens (tertiary/aromatic N) is 3. The molecule has 2 aliphatic heterocycles. The fourth-order valence-electron chi connectivity index (χ4n) is 2.62. The Bertz CT molecular complexity index is 429. The molecule has 0 saturated carbocycles. The van der Waals surface area contributed by atoms with Gasteiger partial charge >= 0.3 is 0 Å². The van der Waals surface area contributed by atoms with Crippen molar-refractivity contribution in [1.29, 1.82) is 0 Å². The van der Waals surface area contributed by atoms with Crippen LogP contribution in [0.2, 0.25) is 0 Å². The first kappa shape index (κ1) is 11.2. The quantitative estimate of drug-likeness (QED) is 0.834. The highest BCUT2D eigenvalue weighted by atomic mass is 32.1. The zero-order valence-electron chi connectivity index (χ0n) is 9.89. The Morgan fingerprint density at radius 1 is 1.35 bits per heavy atom. The van der Waals surface area contributed by atoms with E-state index < -0.39 is 0 Å². The molecule has 2 aliphatic rings. The van der Waals surface area contributed by atoms with Crippen molar-refractivity contribution in [3.05, 3.63) is 4.77 Å². The maximum atomic E-state index is 5.67. The Hall–Kier alpha value is -0.880.